The van der Waals surface area contributed by atoms with Gasteiger partial charge >= 0.3 is 0 Å². The molecule has 0 bridgehead atoms. The molecule has 3 rings (SSSR count). The number of morpholine rings is 1. The molecule has 0 saturated carbocycles. The second kappa shape index (κ2) is 7.25. The predicted molar refractivity (Wildman–Crippen MR) is 84.9 cm³/mol. The van der Waals surface area contributed by atoms with Gasteiger partial charge in [-0.2, -0.15) is 0 Å². The number of carbonyl (C=O) groups is 1. The van der Waals surface area contributed by atoms with E-state index in [9.17, 15) is 4.79 Å². The molecule has 1 saturated heterocycles. The third-order valence-electron chi connectivity index (χ3n) is 4.29. The Morgan fingerprint density at radius 1 is 1.33 bits per heavy atom. The molecule has 5 heteroatoms. The second-order valence-electron chi connectivity index (χ2n) is 5.72. The molecule has 1 aliphatic carbocycles. The van der Waals surface area contributed by atoms with Gasteiger partial charge in [-0.3, -0.25) is 4.79 Å². The quantitative estimate of drug-likeness (QED) is 0.869. The Hall–Kier alpha value is -1.10. The van der Waals surface area contributed by atoms with Crippen molar-refractivity contribution in [2.45, 2.75) is 44.4 Å². The summed E-state index contributed by atoms with van der Waals surface area (Å²) >= 11 is 0. The molecule has 2 aliphatic rings. The number of fused-ring (bicyclic) bond motifs is 1. The summed E-state index contributed by atoms with van der Waals surface area (Å²) < 4.78 is 5.53. The molecule has 1 aromatic carbocycles. The minimum absolute atomic E-state index is 0. The highest BCUT2D eigenvalue weighted by Crippen LogP contribution is 2.21. The molecular weight excluding hydrogens is 288 g/mol. The van der Waals surface area contributed by atoms with E-state index < -0.39 is 0 Å². The second-order valence-corrected chi connectivity index (χ2v) is 5.72. The number of nitrogens with one attached hydrogen (secondary N) is 2. The number of ether oxygens (including phenoxy) is 1. The highest BCUT2D eigenvalue weighted by Gasteiger charge is 2.30. The van der Waals surface area contributed by atoms with Gasteiger partial charge in [0, 0.05) is 12.6 Å². The van der Waals surface area contributed by atoms with Crippen LogP contribution < -0.4 is 10.6 Å². The number of rotatable bonds is 2. The molecule has 1 aliphatic heterocycles. The van der Waals surface area contributed by atoms with Crippen LogP contribution in [0.2, 0.25) is 0 Å². The zero-order valence-electron chi connectivity index (χ0n) is 12.3. The van der Waals surface area contributed by atoms with Crippen LogP contribution in [0.1, 0.15) is 24.5 Å². The van der Waals surface area contributed by atoms with Gasteiger partial charge in [0.25, 0.3) is 0 Å². The zero-order chi connectivity index (χ0) is 13.9. The first-order chi connectivity index (χ1) is 9.74. The number of benzene rings is 1. The number of amides is 1. The van der Waals surface area contributed by atoms with Crippen molar-refractivity contribution < 1.29 is 9.53 Å². The largest absolute Gasteiger partial charge is 0.375 e. The van der Waals surface area contributed by atoms with Crippen LogP contribution in [-0.2, 0) is 22.4 Å². The fourth-order valence-corrected chi connectivity index (χ4v) is 3.14. The lowest BCUT2D eigenvalue weighted by atomic mass is 9.88. The van der Waals surface area contributed by atoms with Crippen LogP contribution in [0.5, 0.6) is 0 Å². The van der Waals surface area contributed by atoms with Gasteiger partial charge in [0.15, 0.2) is 0 Å². The summed E-state index contributed by atoms with van der Waals surface area (Å²) in [5, 5.41) is 6.42. The van der Waals surface area contributed by atoms with Crippen LogP contribution in [0.3, 0.4) is 0 Å². The van der Waals surface area contributed by atoms with Crippen LogP contribution in [0.4, 0.5) is 0 Å². The molecule has 1 aromatic rings. The number of carbonyl (C=O) groups excluding carboxylic acids is 1. The van der Waals surface area contributed by atoms with E-state index in [1.807, 2.05) is 6.92 Å². The number of hydrogen-bond donors (Lipinski definition) is 2. The highest BCUT2D eigenvalue weighted by molar-refractivity contribution is 5.85. The van der Waals surface area contributed by atoms with Crippen LogP contribution in [0.15, 0.2) is 24.3 Å². The minimum atomic E-state index is -0.221. The van der Waals surface area contributed by atoms with Crippen LogP contribution in [0, 0.1) is 0 Å². The summed E-state index contributed by atoms with van der Waals surface area (Å²) in [4.78, 5) is 12.3. The van der Waals surface area contributed by atoms with E-state index in [0.717, 1.165) is 25.8 Å². The molecule has 0 radical (unpaired) electrons. The van der Waals surface area contributed by atoms with Crippen LogP contribution >= 0.6 is 12.4 Å². The molecule has 0 aromatic heterocycles. The maximum absolute atomic E-state index is 12.3. The molecule has 21 heavy (non-hydrogen) atoms. The van der Waals surface area contributed by atoms with Crippen molar-refractivity contribution in [1.82, 2.24) is 10.6 Å². The molecule has 1 unspecified atom stereocenters. The first kappa shape index (κ1) is 16.3. The van der Waals surface area contributed by atoms with Crippen molar-refractivity contribution in [3.63, 3.8) is 0 Å². The topological polar surface area (TPSA) is 50.4 Å². The van der Waals surface area contributed by atoms with Gasteiger partial charge in [0.1, 0.15) is 6.04 Å². The molecule has 0 spiro atoms. The lowest BCUT2D eigenvalue weighted by molar-refractivity contribution is -0.129. The Balaban J connectivity index is 0.00000161. The number of aryl methyl sites for hydroxylation is 1. The summed E-state index contributed by atoms with van der Waals surface area (Å²) in [5.74, 6) is 0.0709. The van der Waals surface area contributed by atoms with Gasteiger partial charge in [-0.15, -0.1) is 12.4 Å². The molecule has 1 amide bonds. The Labute approximate surface area is 132 Å². The average molecular weight is 311 g/mol. The maximum atomic E-state index is 12.3. The Morgan fingerprint density at radius 3 is 2.86 bits per heavy atom. The van der Waals surface area contributed by atoms with Crippen LogP contribution in [0.25, 0.3) is 0 Å². The van der Waals surface area contributed by atoms with Crippen molar-refractivity contribution in [2.24, 2.45) is 0 Å². The first-order valence-corrected chi connectivity index (χ1v) is 7.46. The Kier molecular flexibility index (Phi) is 5.62. The van der Waals surface area contributed by atoms with Gasteiger partial charge < -0.3 is 15.4 Å². The lowest BCUT2D eigenvalue weighted by Gasteiger charge is -2.32. The number of hydrogen-bond acceptors (Lipinski definition) is 3. The molecule has 2 N–H and O–H groups in total. The van der Waals surface area contributed by atoms with E-state index in [0.29, 0.717) is 6.61 Å². The highest BCUT2D eigenvalue weighted by atomic mass is 35.5. The van der Waals surface area contributed by atoms with Gasteiger partial charge in [-0.25, -0.2) is 0 Å². The van der Waals surface area contributed by atoms with Crippen molar-refractivity contribution in [3.05, 3.63) is 35.4 Å². The van der Waals surface area contributed by atoms with Gasteiger partial charge in [0.05, 0.1) is 12.7 Å². The summed E-state index contributed by atoms with van der Waals surface area (Å²) in [6, 6.07) is 8.53. The van der Waals surface area contributed by atoms with Gasteiger partial charge in [0.2, 0.25) is 5.91 Å². The van der Waals surface area contributed by atoms with Crippen LogP contribution in [-0.4, -0.2) is 37.2 Å². The molecule has 116 valence electrons. The standard InChI is InChI=1S/C16H22N2O2.ClH/c1-11-15(17-8-9-20-11)16(19)18-14-7-6-12-4-2-3-5-13(12)10-14;/h2-5,11,14-15,17H,6-10H2,1H3,(H,18,19);1H/t11-,14?,15+;/m1./s1. The normalized spacial score (nSPS) is 28.1. The minimum Gasteiger partial charge on any atom is -0.375 e. The molecular formula is C16H23ClN2O2. The van der Waals surface area contributed by atoms with E-state index in [-0.39, 0.29) is 36.5 Å². The third-order valence-corrected chi connectivity index (χ3v) is 4.29. The first-order valence-electron chi connectivity index (χ1n) is 7.46. The average Bonchev–Trinajstić information content (AvgIpc) is 2.47. The molecule has 3 atom stereocenters. The summed E-state index contributed by atoms with van der Waals surface area (Å²) in [6.45, 7) is 3.38. The Bertz CT molecular complexity index is 495. The summed E-state index contributed by atoms with van der Waals surface area (Å²) in [7, 11) is 0. The lowest BCUT2D eigenvalue weighted by Crippen LogP contribution is -2.57. The monoisotopic (exact) mass is 310 g/mol. The third kappa shape index (κ3) is 3.76. The molecule has 4 nitrogen and oxygen atoms in total. The fraction of sp³-hybridized carbons (Fsp3) is 0.562. The van der Waals surface area contributed by atoms with E-state index in [1.165, 1.54) is 11.1 Å². The van der Waals surface area contributed by atoms with E-state index >= 15 is 0 Å². The fourth-order valence-electron chi connectivity index (χ4n) is 3.14. The van der Waals surface area contributed by atoms with Crippen molar-refractivity contribution in [1.29, 1.82) is 0 Å². The predicted octanol–water partition coefficient (Wildman–Crippen LogP) is 1.46. The zero-order valence-corrected chi connectivity index (χ0v) is 13.1. The summed E-state index contributed by atoms with van der Waals surface area (Å²) in [5.41, 5.74) is 2.79. The maximum Gasteiger partial charge on any atom is 0.240 e. The molecule has 1 fully saturated rings. The Morgan fingerprint density at radius 2 is 2.10 bits per heavy atom. The van der Waals surface area contributed by atoms with Crippen molar-refractivity contribution in [3.8, 4) is 0 Å². The van der Waals surface area contributed by atoms with Crippen molar-refractivity contribution >= 4 is 18.3 Å². The number of halogens is 1. The summed E-state index contributed by atoms with van der Waals surface area (Å²) in [6.07, 6.45) is 2.94. The van der Waals surface area contributed by atoms with Gasteiger partial charge in [-0.05, 0) is 37.3 Å². The SMILES string of the molecule is C[C@H]1OCCN[C@@H]1C(=O)NC1CCc2ccccc2C1.Cl. The van der Waals surface area contributed by atoms with Crippen molar-refractivity contribution in [2.75, 3.05) is 13.2 Å². The smallest absolute Gasteiger partial charge is 0.240 e. The van der Waals surface area contributed by atoms with E-state index in [2.05, 4.69) is 34.9 Å². The van der Waals surface area contributed by atoms with E-state index in [1.54, 1.807) is 0 Å². The van der Waals surface area contributed by atoms with E-state index in [4.69, 9.17) is 4.74 Å². The van der Waals surface area contributed by atoms with Gasteiger partial charge in [-0.1, -0.05) is 24.3 Å². The molecule has 1 heterocycles.